The fourth-order valence-electron chi connectivity index (χ4n) is 1.06. The molecule has 1 aromatic carbocycles. The van der Waals surface area contributed by atoms with E-state index in [1.165, 1.54) is 6.92 Å². The maximum absolute atomic E-state index is 13.2. The summed E-state index contributed by atoms with van der Waals surface area (Å²) in [5.41, 5.74) is 5.23. The van der Waals surface area contributed by atoms with E-state index < -0.39 is 32.6 Å². The van der Waals surface area contributed by atoms with Crippen LogP contribution in [-0.2, 0) is 10.0 Å². The Morgan fingerprint density at radius 2 is 2.06 bits per heavy atom. The molecule has 0 aliphatic carbocycles. The van der Waals surface area contributed by atoms with Gasteiger partial charge in [0.25, 0.3) is 0 Å². The summed E-state index contributed by atoms with van der Waals surface area (Å²) in [6.45, 7) is 1.59. The molecule has 1 rings (SSSR count). The summed E-state index contributed by atoms with van der Waals surface area (Å²) in [6.07, 6.45) is 0. The van der Waals surface area contributed by atoms with Crippen molar-refractivity contribution in [3.63, 3.8) is 0 Å². The van der Waals surface area contributed by atoms with E-state index in [0.29, 0.717) is 6.07 Å². The number of nitrogens with one attached hydrogen (secondary N) is 1. The Morgan fingerprint density at radius 1 is 1.44 bits per heavy atom. The third-order valence-electron chi connectivity index (χ3n) is 1.89. The predicted octanol–water partition coefficient (Wildman–Crippen LogP) is 0.590. The first-order valence-electron chi connectivity index (χ1n) is 4.54. The van der Waals surface area contributed by atoms with Crippen molar-refractivity contribution in [2.24, 2.45) is 5.73 Å². The van der Waals surface area contributed by atoms with E-state index in [1.54, 1.807) is 0 Å². The second kappa shape index (κ2) is 4.86. The van der Waals surface area contributed by atoms with Gasteiger partial charge in [-0.25, -0.2) is 21.9 Å². The molecule has 4 nitrogen and oxygen atoms in total. The summed E-state index contributed by atoms with van der Waals surface area (Å²) in [4.78, 5) is -0.715. The predicted molar refractivity (Wildman–Crippen MR) is 55.2 cm³/mol. The van der Waals surface area contributed by atoms with Gasteiger partial charge in [-0.05, 0) is 25.1 Å². The summed E-state index contributed by atoms with van der Waals surface area (Å²) < 4.78 is 51.3. The number of sulfonamides is 1. The molecule has 0 fully saturated rings. The number of nitrogens with two attached hydrogens (primary N) is 1. The summed E-state index contributed by atoms with van der Waals surface area (Å²) in [5.74, 6) is -1.82. The molecule has 0 amide bonds. The first kappa shape index (κ1) is 13.0. The molecule has 1 unspecified atom stereocenters. The van der Waals surface area contributed by atoms with E-state index in [9.17, 15) is 17.2 Å². The molecule has 1 atom stereocenters. The molecule has 0 bridgehead atoms. The van der Waals surface area contributed by atoms with Crippen LogP contribution >= 0.6 is 0 Å². The quantitative estimate of drug-likeness (QED) is 0.821. The Morgan fingerprint density at radius 3 is 2.62 bits per heavy atom. The second-order valence-corrected chi connectivity index (χ2v) is 5.02. The van der Waals surface area contributed by atoms with E-state index in [1.807, 2.05) is 0 Å². The van der Waals surface area contributed by atoms with Gasteiger partial charge in [0.15, 0.2) is 0 Å². The van der Waals surface area contributed by atoms with E-state index in [0.717, 1.165) is 12.1 Å². The van der Waals surface area contributed by atoms with E-state index in [4.69, 9.17) is 5.73 Å². The lowest BCUT2D eigenvalue weighted by molar-refractivity contribution is 0.536. The monoisotopic (exact) mass is 250 g/mol. The van der Waals surface area contributed by atoms with Gasteiger partial charge in [-0.15, -0.1) is 0 Å². The number of benzene rings is 1. The molecule has 0 saturated carbocycles. The van der Waals surface area contributed by atoms with Gasteiger partial charge < -0.3 is 5.73 Å². The third kappa shape index (κ3) is 2.97. The minimum absolute atomic E-state index is 0.0656. The van der Waals surface area contributed by atoms with Crippen LogP contribution in [0.5, 0.6) is 0 Å². The van der Waals surface area contributed by atoms with Crippen molar-refractivity contribution in [3.8, 4) is 0 Å². The fraction of sp³-hybridized carbons (Fsp3) is 0.333. The molecule has 1 aromatic rings. The van der Waals surface area contributed by atoms with Crippen molar-refractivity contribution >= 4 is 10.0 Å². The lowest BCUT2D eigenvalue weighted by Gasteiger charge is -2.12. The van der Waals surface area contributed by atoms with Crippen LogP contribution in [0.1, 0.15) is 6.92 Å². The highest BCUT2D eigenvalue weighted by Gasteiger charge is 2.21. The maximum Gasteiger partial charge on any atom is 0.243 e. The Kier molecular flexibility index (Phi) is 3.95. The molecular formula is C9H12F2N2O2S. The normalized spacial score (nSPS) is 13.8. The third-order valence-corrected chi connectivity index (χ3v) is 3.50. The van der Waals surface area contributed by atoms with Crippen LogP contribution in [0.15, 0.2) is 23.1 Å². The van der Waals surface area contributed by atoms with E-state index in [-0.39, 0.29) is 6.54 Å². The Balaban J connectivity index is 3.12. The zero-order valence-electron chi connectivity index (χ0n) is 8.57. The molecule has 0 aromatic heterocycles. The van der Waals surface area contributed by atoms with Crippen molar-refractivity contribution in [3.05, 3.63) is 29.8 Å². The highest BCUT2D eigenvalue weighted by atomic mass is 32.2. The van der Waals surface area contributed by atoms with Crippen LogP contribution < -0.4 is 10.5 Å². The van der Waals surface area contributed by atoms with Crippen molar-refractivity contribution in [1.82, 2.24) is 4.72 Å². The highest BCUT2D eigenvalue weighted by molar-refractivity contribution is 7.89. The van der Waals surface area contributed by atoms with E-state index >= 15 is 0 Å². The standard InChI is InChI=1S/C9H12F2N2O2S/c1-6(5-12)13-16(14,15)9-4-7(10)2-3-8(9)11/h2-4,6,13H,5,12H2,1H3. The zero-order chi connectivity index (χ0) is 12.3. The number of hydrogen-bond acceptors (Lipinski definition) is 3. The molecule has 90 valence electrons. The summed E-state index contributed by atoms with van der Waals surface area (Å²) in [6, 6.07) is 1.69. The molecule has 0 radical (unpaired) electrons. The SMILES string of the molecule is CC(CN)NS(=O)(=O)c1cc(F)ccc1F. The highest BCUT2D eigenvalue weighted by Crippen LogP contribution is 2.15. The summed E-state index contributed by atoms with van der Waals surface area (Å²) >= 11 is 0. The van der Waals surface area contributed by atoms with Gasteiger partial charge in [0.2, 0.25) is 10.0 Å². The van der Waals surface area contributed by atoms with Gasteiger partial charge >= 0.3 is 0 Å². The van der Waals surface area contributed by atoms with Gasteiger partial charge in [0, 0.05) is 12.6 Å². The van der Waals surface area contributed by atoms with Crippen molar-refractivity contribution in [2.45, 2.75) is 17.9 Å². The van der Waals surface area contributed by atoms with Crippen LogP contribution in [-0.4, -0.2) is 21.0 Å². The second-order valence-electron chi connectivity index (χ2n) is 3.33. The molecule has 16 heavy (non-hydrogen) atoms. The molecule has 0 spiro atoms. The first-order valence-corrected chi connectivity index (χ1v) is 6.02. The molecule has 0 aliphatic heterocycles. The van der Waals surface area contributed by atoms with Crippen LogP contribution in [0.25, 0.3) is 0 Å². The first-order chi connectivity index (χ1) is 7.36. The minimum atomic E-state index is -4.07. The summed E-state index contributed by atoms with van der Waals surface area (Å²) in [7, 11) is -4.07. The van der Waals surface area contributed by atoms with E-state index in [2.05, 4.69) is 4.72 Å². The van der Waals surface area contributed by atoms with Crippen molar-refractivity contribution < 1.29 is 17.2 Å². The molecule has 0 saturated heterocycles. The van der Waals surface area contributed by atoms with Gasteiger partial charge in [0.05, 0.1) is 0 Å². The minimum Gasteiger partial charge on any atom is -0.329 e. The van der Waals surface area contributed by atoms with Crippen molar-refractivity contribution in [1.29, 1.82) is 0 Å². The van der Waals surface area contributed by atoms with Crippen LogP contribution in [0.3, 0.4) is 0 Å². The van der Waals surface area contributed by atoms with Gasteiger partial charge in [0.1, 0.15) is 16.5 Å². The number of hydrogen-bond donors (Lipinski definition) is 2. The van der Waals surface area contributed by atoms with Crippen molar-refractivity contribution in [2.75, 3.05) is 6.54 Å². The average molecular weight is 250 g/mol. The Bertz CT molecular complexity index is 476. The molecule has 3 N–H and O–H groups in total. The maximum atomic E-state index is 13.2. The Labute approximate surface area is 92.5 Å². The smallest absolute Gasteiger partial charge is 0.243 e. The molecule has 7 heteroatoms. The average Bonchev–Trinajstić information content (AvgIpc) is 2.20. The van der Waals surface area contributed by atoms with Crippen LogP contribution in [0, 0.1) is 11.6 Å². The topological polar surface area (TPSA) is 72.2 Å². The van der Waals surface area contributed by atoms with Crippen LogP contribution in [0.2, 0.25) is 0 Å². The van der Waals surface area contributed by atoms with Gasteiger partial charge in [-0.3, -0.25) is 0 Å². The molecular weight excluding hydrogens is 238 g/mol. The lowest BCUT2D eigenvalue weighted by Crippen LogP contribution is -2.38. The molecule has 0 heterocycles. The van der Waals surface area contributed by atoms with Gasteiger partial charge in [-0.2, -0.15) is 0 Å². The fourth-order valence-corrected chi connectivity index (χ4v) is 2.40. The summed E-state index contributed by atoms with van der Waals surface area (Å²) in [5, 5.41) is 0. The largest absolute Gasteiger partial charge is 0.329 e. The van der Waals surface area contributed by atoms with Gasteiger partial charge in [-0.1, -0.05) is 0 Å². The number of rotatable bonds is 4. The Hall–Kier alpha value is -1.05. The lowest BCUT2D eigenvalue weighted by atomic mass is 10.3. The number of halogens is 2. The zero-order valence-corrected chi connectivity index (χ0v) is 9.39. The van der Waals surface area contributed by atoms with Crippen LogP contribution in [0.4, 0.5) is 8.78 Å². The molecule has 0 aliphatic rings.